The SMILES string of the molecule is Cc1ccc(C(C)NC(=O)C2CCN(c3cnccn3)CC2)cc1. The summed E-state index contributed by atoms with van der Waals surface area (Å²) in [5.74, 6) is 1.12. The first-order valence-corrected chi connectivity index (χ1v) is 8.51. The molecule has 0 spiro atoms. The zero-order valence-corrected chi connectivity index (χ0v) is 14.3. The van der Waals surface area contributed by atoms with Gasteiger partial charge in [0.1, 0.15) is 5.82 Å². The Hall–Kier alpha value is -2.43. The largest absolute Gasteiger partial charge is 0.355 e. The third kappa shape index (κ3) is 3.91. The van der Waals surface area contributed by atoms with Crippen molar-refractivity contribution in [3.05, 3.63) is 54.0 Å². The zero-order chi connectivity index (χ0) is 16.9. The lowest BCUT2D eigenvalue weighted by molar-refractivity contribution is -0.126. The fraction of sp³-hybridized carbons (Fsp3) is 0.421. The summed E-state index contributed by atoms with van der Waals surface area (Å²) in [5, 5.41) is 3.15. The van der Waals surface area contributed by atoms with E-state index >= 15 is 0 Å². The number of nitrogens with zero attached hydrogens (tertiary/aromatic N) is 3. The Kier molecular flexibility index (Phi) is 5.08. The van der Waals surface area contributed by atoms with Crippen LogP contribution >= 0.6 is 0 Å². The Labute approximate surface area is 143 Å². The summed E-state index contributed by atoms with van der Waals surface area (Å²) in [7, 11) is 0. The Morgan fingerprint density at radius 2 is 1.92 bits per heavy atom. The molecule has 1 fully saturated rings. The number of amides is 1. The number of nitrogens with one attached hydrogen (secondary N) is 1. The molecule has 0 saturated carbocycles. The van der Waals surface area contributed by atoms with Gasteiger partial charge in [-0.05, 0) is 32.3 Å². The van der Waals surface area contributed by atoms with Gasteiger partial charge >= 0.3 is 0 Å². The quantitative estimate of drug-likeness (QED) is 0.939. The second-order valence-electron chi connectivity index (χ2n) is 6.47. The summed E-state index contributed by atoms with van der Waals surface area (Å²) in [6, 6.07) is 8.36. The molecule has 1 aromatic heterocycles. The van der Waals surface area contributed by atoms with Crippen LogP contribution in [0, 0.1) is 12.8 Å². The predicted molar refractivity (Wildman–Crippen MR) is 94.7 cm³/mol. The smallest absolute Gasteiger partial charge is 0.223 e. The summed E-state index contributed by atoms with van der Waals surface area (Å²) >= 11 is 0. The van der Waals surface area contributed by atoms with Crippen molar-refractivity contribution in [2.45, 2.75) is 32.7 Å². The molecule has 0 bridgehead atoms. The van der Waals surface area contributed by atoms with Gasteiger partial charge in [0, 0.05) is 31.4 Å². The number of rotatable bonds is 4. The van der Waals surface area contributed by atoms with Crippen molar-refractivity contribution in [2.75, 3.05) is 18.0 Å². The number of hydrogen-bond acceptors (Lipinski definition) is 4. The van der Waals surface area contributed by atoms with Gasteiger partial charge in [-0.1, -0.05) is 29.8 Å². The van der Waals surface area contributed by atoms with Gasteiger partial charge in [-0.15, -0.1) is 0 Å². The minimum Gasteiger partial charge on any atom is -0.355 e. The van der Waals surface area contributed by atoms with Crippen LogP contribution in [-0.4, -0.2) is 29.0 Å². The highest BCUT2D eigenvalue weighted by Crippen LogP contribution is 2.22. The maximum atomic E-state index is 12.5. The van der Waals surface area contributed by atoms with E-state index in [0.29, 0.717) is 0 Å². The van der Waals surface area contributed by atoms with E-state index in [1.807, 2.05) is 6.92 Å². The number of anilines is 1. The van der Waals surface area contributed by atoms with Crippen molar-refractivity contribution in [2.24, 2.45) is 5.92 Å². The molecule has 0 radical (unpaired) electrons. The molecule has 1 atom stereocenters. The molecule has 24 heavy (non-hydrogen) atoms. The van der Waals surface area contributed by atoms with Gasteiger partial charge in [0.15, 0.2) is 0 Å². The molecule has 1 unspecified atom stereocenters. The molecule has 2 aromatic rings. The Bertz CT molecular complexity index is 664. The van der Waals surface area contributed by atoms with E-state index in [4.69, 9.17) is 0 Å². The first-order chi connectivity index (χ1) is 11.6. The monoisotopic (exact) mass is 324 g/mol. The Balaban J connectivity index is 1.52. The van der Waals surface area contributed by atoms with Gasteiger partial charge in [-0.25, -0.2) is 4.98 Å². The highest BCUT2D eigenvalue weighted by atomic mass is 16.1. The molecule has 1 amide bonds. The molecule has 1 aromatic carbocycles. The lowest BCUT2D eigenvalue weighted by atomic mass is 9.95. The summed E-state index contributed by atoms with van der Waals surface area (Å²) in [6.07, 6.45) is 6.86. The van der Waals surface area contributed by atoms with Crippen LogP contribution < -0.4 is 10.2 Å². The molecule has 3 rings (SSSR count). The molecule has 0 aliphatic carbocycles. The second-order valence-corrected chi connectivity index (χ2v) is 6.47. The van der Waals surface area contributed by atoms with Crippen molar-refractivity contribution in [3.8, 4) is 0 Å². The highest BCUT2D eigenvalue weighted by molar-refractivity contribution is 5.79. The van der Waals surface area contributed by atoms with Crippen LogP contribution in [0.5, 0.6) is 0 Å². The van der Waals surface area contributed by atoms with Gasteiger partial charge in [-0.2, -0.15) is 0 Å². The van der Waals surface area contributed by atoms with Crippen LogP contribution in [-0.2, 0) is 4.79 Å². The van der Waals surface area contributed by atoms with Gasteiger partial charge in [0.2, 0.25) is 5.91 Å². The molecule has 126 valence electrons. The zero-order valence-electron chi connectivity index (χ0n) is 14.3. The Morgan fingerprint density at radius 3 is 2.54 bits per heavy atom. The number of benzene rings is 1. The van der Waals surface area contributed by atoms with E-state index in [1.165, 1.54) is 5.56 Å². The average Bonchev–Trinajstić information content (AvgIpc) is 2.63. The first-order valence-electron chi connectivity index (χ1n) is 8.51. The summed E-state index contributed by atoms with van der Waals surface area (Å²) < 4.78 is 0. The molecular formula is C19H24N4O. The Morgan fingerprint density at radius 1 is 1.21 bits per heavy atom. The van der Waals surface area contributed by atoms with Crippen LogP contribution in [0.1, 0.15) is 36.9 Å². The molecule has 1 N–H and O–H groups in total. The lowest BCUT2D eigenvalue weighted by Gasteiger charge is -2.32. The minimum atomic E-state index is 0.0381. The number of carbonyl (C=O) groups is 1. The van der Waals surface area contributed by atoms with E-state index in [0.717, 1.165) is 37.3 Å². The molecule has 2 heterocycles. The van der Waals surface area contributed by atoms with Gasteiger partial charge in [0.25, 0.3) is 0 Å². The minimum absolute atomic E-state index is 0.0381. The second kappa shape index (κ2) is 7.43. The van der Waals surface area contributed by atoms with Crippen LogP contribution in [0.25, 0.3) is 0 Å². The van der Waals surface area contributed by atoms with Gasteiger partial charge in [-0.3, -0.25) is 9.78 Å². The highest BCUT2D eigenvalue weighted by Gasteiger charge is 2.26. The molecule has 5 nitrogen and oxygen atoms in total. The third-order valence-electron chi connectivity index (χ3n) is 4.68. The fourth-order valence-corrected chi connectivity index (χ4v) is 3.09. The summed E-state index contributed by atoms with van der Waals surface area (Å²) in [4.78, 5) is 23.2. The van der Waals surface area contributed by atoms with Crippen LogP contribution in [0.2, 0.25) is 0 Å². The number of aromatic nitrogens is 2. The average molecular weight is 324 g/mol. The van der Waals surface area contributed by atoms with E-state index in [2.05, 4.69) is 51.4 Å². The number of hydrogen-bond donors (Lipinski definition) is 1. The standard InChI is InChI=1S/C19H24N4O/c1-14-3-5-16(6-4-14)15(2)22-19(24)17-7-11-23(12-8-17)18-13-20-9-10-21-18/h3-6,9-10,13,15,17H,7-8,11-12H2,1-2H3,(H,22,24). The normalized spacial score (nSPS) is 16.7. The number of piperidine rings is 1. The van der Waals surface area contributed by atoms with Crippen molar-refractivity contribution < 1.29 is 4.79 Å². The fourth-order valence-electron chi connectivity index (χ4n) is 3.09. The van der Waals surface area contributed by atoms with Crippen molar-refractivity contribution >= 4 is 11.7 Å². The summed E-state index contributed by atoms with van der Waals surface area (Å²) in [5.41, 5.74) is 2.37. The molecule has 1 aliphatic heterocycles. The lowest BCUT2D eigenvalue weighted by Crippen LogP contribution is -2.41. The maximum absolute atomic E-state index is 12.5. The van der Waals surface area contributed by atoms with Crippen molar-refractivity contribution in [1.82, 2.24) is 15.3 Å². The molecular weight excluding hydrogens is 300 g/mol. The van der Waals surface area contributed by atoms with Crippen LogP contribution in [0.4, 0.5) is 5.82 Å². The molecule has 1 saturated heterocycles. The van der Waals surface area contributed by atoms with Crippen molar-refractivity contribution in [1.29, 1.82) is 0 Å². The van der Waals surface area contributed by atoms with Gasteiger partial charge in [0.05, 0.1) is 12.2 Å². The van der Waals surface area contributed by atoms with Crippen molar-refractivity contribution in [3.63, 3.8) is 0 Å². The first kappa shape index (κ1) is 16.4. The maximum Gasteiger partial charge on any atom is 0.223 e. The predicted octanol–water partition coefficient (Wildman–Crippen LogP) is 2.88. The van der Waals surface area contributed by atoms with E-state index < -0.39 is 0 Å². The van der Waals surface area contributed by atoms with E-state index in [-0.39, 0.29) is 17.9 Å². The van der Waals surface area contributed by atoms with E-state index in [1.54, 1.807) is 18.6 Å². The van der Waals surface area contributed by atoms with Crippen LogP contribution in [0.3, 0.4) is 0 Å². The topological polar surface area (TPSA) is 58.1 Å². The number of aryl methyl sites for hydroxylation is 1. The van der Waals surface area contributed by atoms with E-state index in [9.17, 15) is 4.79 Å². The summed E-state index contributed by atoms with van der Waals surface area (Å²) in [6.45, 7) is 5.79. The third-order valence-corrected chi connectivity index (χ3v) is 4.68. The molecule has 5 heteroatoms. The van der Waals surface area contributed by atoms with Crippen LogP contribution in [0.15, 0.2) is 42.9 Å². The molecule has 1 aliphatic rings. The van der Waals surface area contributed by atoms with Gasteiger partial charge < -0.3 is 10.2 Å². The number of carbonyl (C=O) groups excluding carboxylic acids is 1.